The molecule has 1 aliphatic rings. The molecule has 1 fully saturated rings. The van der Waals surface area contributed by atoms with Crippen LogP contribution in [0.3, 0.4) is 0 Å². The first-order valence-corrected chi connectivity index (χ1v) is 10.5. The highest BCUT2D eigenvalue weighted by Crippen LogP contribution is 2.19. The maximum atomic E-state index is 12.5. The van der Waals surface area contributed by atoms with Gasteiger partial charge in [0.1, 0.15) is 0 Å². The van der Waals surface area contributed by atoms with Crippen LogP contribution < -0.4 is 4.72 Å². The van der Waals surface area contributed by atoms with E-state index in [9.17, 15) is 16.8 Å². The third-order valence-electron chi connectivity index (χ3n) is 3.79. The summed E-state index contributed by atoms with van der Waals surface area (Å²) >= 11 is 0. The lowest BCUT2D eigenvalue weighted by atomic mass is 10.4. The molecule has 1 N–H and O–H groups in total. The molecule has 1 aliphatic heterocycles. The Hall–Kier alpha value is -1.72. The van der Waals surface area contributed by atoms with Crippen LogP contribution in [0.25, 0.3) is 0 Å². The number of nitrogens with one attached hydrogen (secondary N) is 1. The van der Waals surface area contributed by atoms with Crippen LogP contribution in [0.4, 0.5) is 0 Å². The zero-order chi connectivity index (χ0) is 17.9. The molecule has 8 nitrogen and oxygen atoms in total. The van der Waals surface area contributed by atoms with Crippen molar-refractivity contribution in [2.75, 3.05) is 26.3 Å². The first kappa shape index (κ1) is 18.1. The topological polar surface area (TPSA) is 106 Å². The summed E-state index contributed by atoms with van der Waals surface area (Å²) in [5, 5.41) is 0. The van der Waals surface area contributed by atoms with E-state index in [1.807, 2.05) is 0 Å². The van der Waals surface area contributed by atoms with Gasteiger partial charge in [0.15, 0.2) is 0 Å². The quantitative estimate of drug-likeness (QED) is 0.786. The number of ether oxygens (including phenoxy) is 1. The van der Waals surface area contributed by atoms with Crippen molar-refractivity contribution in [2.24, 2.45) is 0 Å². The van der Waals surface area contributed by atoms with E-state index in [1.165, 1.54) is 41.1 Å². The maximum Gasteiger partial charge on any atom is 0.243 e. The molecule has 25 heavy (non-hydrogen) atoms. The molecule has 0 bridgehead atoms. The van der Waals surface area contributed by atoms with Crippen molar-refractivity contribution >= 4 is 20.0 Å². The normalized spacial score (nSPS) is 16.8. The van der Waals surface area contributed by atoms with Gasteiger partial charge in [-0.05, 0) is 30.3 Å². The van der Waals surface area contributed by atoms with Gasteiger partial charge in [0.05, 0.1) is 35.5 Å². The molecular formula is C15H18N2O6S2. The van der Waals surface area contributed by atoms with Gasteiger partial charge in [-0.15, -0.1) is 0 Å². The highest BCUT2D eigenvalue weighted by atomic mass is 32.2. The molecule has 10 heteroatoms. The lowest BCUT2D eigenvalue weighted by Gasteiger charge is -2.26. The SMILES string of the molecule is O=S(=O)(NCc1ccoc1)c1ccc(S(=O)(=O)N2CCOCC2)cc1. The number of hydrogen-bond acceptors (Lipinski definition) is 6. The van der Waals surface area contributed by atoms with E-state index < -0.39 is 20.0 Å². The summed E-state index contributed by atoms with van der Waals surface area (Å²) in [7, 11) is -7.39. The lowest BCUT2D eigenvalue weighted by molar-refractivity contribution is 0.0730. The second-order valence-corrected chi connectivity index (χ2v) is 9.15. The Morgan fingerprint density at radius 1 is 0.960 bits per heavy atom. The van der Waals surface area contributed by atoms with Crippen LogP contribution in [-0.2, 0) is 31.3 Å². The van der Waals surface area contributed by atoms with Crippen molar-refractivity contribution in [3.05, 3.63) is 48.4 Å². The highest BCUT2D eigenvalue weighted by Gasteiger charge is 2.26. The highest BCUT2D eigenvalue weighted by molar-refractivity contribution is 7.89. The van der Waals surface area contributed by atoms with Gasteiger partial charge in [-0.1, -0.05) is 0 Å². The average molecular weight is 386 g/mol. The van der Waals surface area contributed by atoms with E-state index in [2.05, 4.69) is 4.72 Å². The number of nitrogens with zero attached hydrogens (tertiary/aromatic N) is 1. The van der Waals surface area contributed by atoms with E-state index in [-0.39, 0.29) is 29.4 Å². The van der Waals surface area contributed by atoms with Crippen LogP contribution in [0.2, 0.25) is 0 Å². The Morgan fingerprint density at radius 3 is 2.20 bits per heavy atom. The van der Waals surface area contributed by atoms with Gasteiger partial charge in [0, 0.05) is 25.2 Å². The van der Waals surface area contributed by atoms with Gasteiger partial charge in [0.25, 0.3) is 0 Å². The zero-order valence-electron chi connectivity index (χ0n) is 13.3. The Labute approximate surface area is 146 Å². The van der Waals surface area contributed by atoms with E-state index in [1.54, 1.807) is 6.07 Å². The Morgan fingerprint density at radius 2 is 1.60 bits per heavy atom. The zero-order valence-corrected chi connectivity index (χ0v) is 14.9. The van der Waals surface area contributed by atoms with Crippen LogP contribution in [0.15, 0.2) is 57.1 Å². The third-order valence-corrected chi connectivity index (χ3v) is 7.12. The Balaban J connectivity index is 1.74. The average Bonchev–Trinajstić information content (AvgIpc) is 3.15. The second-order valence-electron chi connectivity index (χ2n) is 5.44. The predicted molar refractivity (Wildman–Crippen MR) is 88.8 cm³/mol. The molecule has 1 saturated heterocycles. The molecule has 0 atom stereocenters. The molecule has 0 radical (unpaired) electrons. The molecule has 0 saturated carbocycles. The van der Waals surface area contributed by atoms with Crippen molar-refractivity contribution in [3.8, 4) is 0 Å². The lowest BCUT2D eigenvalue weighted by Crippen LogP contribution is -2.40. The fraction of sp³-hybridized carbons (Fsp3) is 0.333. The van der Waals surface area contributed by atoms with E-state index >= 15 is 0 Å². The number of furan rings is 1. The molecule has 0 amide bonds. The number of sulfonamides is 2. The van der Waals surface area contributed by atoms with E-state index in [0.717, 1.165) is 0 Å². The van der Waals surface area contributed by atoms with Gasteiger partial charge in [-0.25, -0.2) is 21.6 Å². The fourth-order valence-corrected chi connectivity index (χ4v) is 4.81. The fourth-order valence-electron chi connectivity index (χ4n) is 2.38. The van der Waals surface area contributed by atoms with E-state index in [0.29, 0.717) is 18.8 Å². The maximum absolute atomic E-state index is 12.5. The van der Waals surface area contributed by atoms with Gasteiger partial charge < -0.3 is 9.15 Å². The first-order valence-electron chi connectivity index (χ1n) is 7.58. The van der Waals surface area contributed by atoms with E-state index in [4.69, 9.17) is 9.15 Å². The van der Waals surface area contributed by atoms with Crippen molar-refractivity contribution in [3.63, 3.8) is 0 Å². The number of hydrogen-bond donors (Lipinski definition) is 1. The number of benzene rings is 1. The van der Waals surface area contributed by atoms with Crippen LogP contribution >= 0.6 is 0 Å². The van der Waals surface area contributed by atoms with Gasteiger partial charge in [-0.2, -0.15) is 4.31 Å². The van der Waals surface area contributed by atoms with Crippen molar-refractivity contribution in [2.45, 2.75) is 16.3 Å². The molecule has 0 unspecified atom stereocenters. The number of rotatable bonds is 6. The Kier molecular flexibility index (Phi) is 5.25. The van der Waals surface area contributed by atoms with Crippen LogP contribution in [0.5, 0.6) is 0 Å². The van der Waals surface area contributed by atoms with Crippen molar-refractivity contribution in [1.29, 1.82) is 0 Å². The molecular weight excluding hydrogens is 368 g/mol. The monoisotopic (exact) mass is 386 g/mol. The minimum absolute atomic E-state index is 0.00285. The van der Waals surface area contributed by atoms with Crippen molar-refractivity contribution in [1.82, 2.24) is 9.03 Å². The van der Waals surface area contributed by atoms with Gasteiger partial charge in [-0.3, -0.25) is 0 Å². The molecule has 136 valence electrons. The Bertz CT molecular complexity index is 899. The second kappa shape index (κ2) is 7.26. The minimum atomic E-state index is -3.74. The summed E-state index contributed by atoms with van der Waals surface area (Å²) in [6.07, 6.45) is 2.90. The molecule has 1 aromatic heterocycles. The molecule has 3 rings (SSSR count). The predicted octanol–water partition coefficient (Wildman–Crippen LogP) is 0.779. The van der Waals surface area contributed by atoms with Crippen LogP contribution in [0.1, 0.15) is 5.56 Å². The minimum Gasteiger partial charge on any atom is -0.472 e. The number of morpholine rings is 1. The molecule has 0 aliphatic carbocycles. The van der Waals surface area contributed by atoms with Crippen molar-refractivity contribution < 1.29 is 26.0 Å². The summed E-state index contributed by atoms with van der Waals surface area (Å²) < 4.78 is 63.4. The molecule has 0 spiro atoms. The summed E-state index contributed by atoms with van der Waals surface area (Å²) in [5.41, 5.74) is 0.690. The molecule has 2 heterocycles. The first-order chi connectivity index (χ1) is 11.9. The largest absolute Gasteiger partial charge is 0.472 e. The van der Waals surface area contributed by atoms with Gasteiger partial charge in [0.2, 0.25) is 20.0 Å². The smallest absolute Gasteiger partial charge is 0.243 e. The summed E-state index contributed by atoms with van der Waals surface area (Å²) in [4.78, 5) is 0.0557. The van der Waals surface area contributed by atoms with Crippen LogP contribution in [-0.4, -0.2) is 47.4 Å². The molecule has 1 aromatic carbocycles. The third kappa shape index (κ3) is 4.10. The summed E-state index contributed by atoms with van der Waals surface area (Å²) in [6, 6.07) is 6.82. The summed E-state index contributed by atoms with van der Waals surface area (Å²) in [5.74, 6) is 0. The van der Waals surface area contributed by atoms with Gasteiger partial charge >= 0.3 is 0 Å². The van der Waals surface area contributed by atoms with Crippen LogP contribution in [0, 0.1) is 0 Å². The standard InChI is InChI=1S/C15H18N2O6S2/c18-24(19,16-11-13-5-8-23-12-13)14-1-3-15(4-2-14)25(20,21)17-6-9-22-10-7-17/h1-5,8,12,16H,6-7,9-11H2. The summed E-state index contributed by atoms with van der Waals surface area (Å²) in [6.45, 7) is 1.36. The molecule has 2 aromatic rings.